The van der Waals surface area contributed by atoms with Crippen molar-refractivity contribution in [1.82, 2.24) is 0 Å². The van der Waals surface area contributed by atoms with Gasteiger partial charge in [0.25, 0.3) is 0 Å². The van der Waals surface area contributed by atoms with Crippen molar-refractivity contribution >= 4 is 5.69 Å². The van der Waals surface area contributed by atoms with E-state index in [1.807, 2.05) is 36.4 Å². The molecular formula is C19H25NO. The Balaban J connectivity index is 2.07. The molecule has 0 bridgehead atoms. The molecular weight excluding hydrogens is 258 g/mol. The molecule has 0 aliphatic rings. The molecule has 1 unspecified atom stereocenters. The zero-order valence-corrected chi connectivity index (χ0v) is 13.0. The standard InChI is InChI=1S/C19H25NO/c1-3-4-7-16-19(21-18-14-10-6-11-15-18)20(2)17-12-8-5-9-13-17/h5-6,8-15,19H,3-4,7,16H2,1-2H3. The lowest BCUT2D eigenvalue weighted by molar-refractivity contribution is 0.187. The first-order chi connectivity index (χ1) is 10.3. The van der Waals surface area contributed by atoms with Crippen molar-refractivity contribution in [2.45, 2.75) is 38.8 Å². The van der Waals surface area contributed by atoms with E-state index >= 15 is 0 Å². The molecule has 0 aliphatic carbocycles. The highest BCUT2D eigenvalue weighted by Crippen LogP contribution is 2.21. The van der Waals surface area contributed by atoms with Gasteiger partial charge in [-0.1, -0.05) is 56.2 Å². The SMILES string of the molecule is CCCCCC(Oc1ccccc1)N(C)c1ccccc1. The maximum atomic E-state index is 6.20. The molecule has 2 aromatic rings. The van der Waals surface area contributed by atoms with Gasteiger partial charge in [-0.25, -0.2) is 0 Å². The Kier molecular flexibility index (Phi) is 6.14. The fraction of sp³-hybridized carbons (Fsp3) is 0.368. The Morgan fingerprint density at radius 3 is 2.14 bits per heavy atom. The van der Waals surface area contributed by atoms with Gasteiger partial charge in [0.15, 0.2) is 6.23 Å². The van der Waals surface area contributed by atoms with E-state index in [1.165, 1.54) is 24.9 Å². The van der Waals surface area contributed by atoms with Gasteiger partial charge in [0.05, 0.1) is 0 Å². The molecule has 0 fully saturated rings. The first kappa shape index (κ1) is 15.4. The smallest absolute Gasteiger partial charge is 0.172 e. The summed E-state index contributed by atoms with van der Waals surface area (Å²) in [6, 6.07) is 20.5. The summed E-state index contributed by atoms with van der Waals surface area (Å²) in [5, 5.41) is 0. The minimum atomic E-state index is 0.0707. The summed E-state index contributed by atoms with van der Waals surface area (Å²) in [7, 11) is 2.11. The van der Waals surface area contributed by atoms with Crippen LogP contribution in [0.2, 0.25) is 0 Å². The zero-order chi connectivity index (χ0) is 14.9. The van der Waals surface area contributed by atoms with Crippen molar-refractivity contribution in [3.05, 3.63) is 60.7 Å². The molecule has 0 N–H and O–H groups in total. The summed E-state index contributed by atoms with van der Waals surface area (Å²) in [4.78, 5) is 2.22. The van der Waals surface area contributed by atoms with Crippen molar-refractivity contribution in [3.8, 4) is 5.75 Å². The van der Waals surface area contributed by atoms with Gasteiger partial charge in [0.1, 0.15) is 5.75 Å². The van der Waals surface area contributed by atoms with Crippen LogP contribution in [0.1, 0.15) is 32.6 Å². The topological polar surface area (TPSA) is 12.5 Å². The second-order valence-corrected chi connectivity index (χ2v) is 5.33. The number of para-hydroxylation sites is 2. The van der Waals surface area contributed by atoms with Gasteiger partial charge in [-0.3, -0.25) is 0 Å². The fourth-order valence-corrected chi connectivity index (χ4v) is 2.39. The number of hydrogen-bond donors (Lipinski definition) is 0. The minimum absolute atomic E-state index is 0.0707. The molecule has 2 nitrogen and oxygen atoms in total. The third-order valence-corrected chi connectivity index (χ3v) is 3.67. The molecule has 0 aliphatic heterocycles. The number of ether oxygens (including phenoxy) is 1. The molecule has 0 radical (unpaired) electrons. The van der Waals surface area contributed by atoms with E-state index < -0.39 is 0 Å². The molecule has 21 heavy (non-hydrogen) atoms. The van der Waals surface area contributed by atoms with Crippen LogP contribution in [0.25, 0.3) is 0 Å². The van der Waals surface area contributed by atoms with Gasteiger partial charge in [0.2, 0.25) is 0 Å². The predicted octanol–water partition coefficient (Wildman–Crippen LogP) is 5.11. The second kappa shape index (κ2) is 8.35. The maximum Gasteiger partial charge on any atom is 0.172 e. The molecule has 2 aromatic carbocycles. The van der Waals surface area contributed by atoms with Crippen LogP contribution >= 0.6 is 0 Å². The third-order valence-electron chi connectivity index (χ3n) is 3.67. The van der Waals surface area contributed by atoms with Crippen LogP contribution < -0.4 is 9.64 Å². The Labute approximate surface area is 128 Å². The number of rotatable bonds is 8. The highest BCUT2D eigenvalue weighted by atomic mass is 16.5. The van der Waals surface area contributed by atoms with Crippen molar-refractivity contribution in [1.29, 1.82) is 0 Å². The maximum absolute atomic E-state index is 6.20. The molecule has 0 saturated carbocycles. The molecule has 0 amide bonds. The Bertz CT molecular complexity index is 497. The zero-order valence-electron chi connectivity index (χ0n) is 13.0. The van der Waals surface area contributed by atoms with Crippen molar-refractivity contribution in [3.63, 3.8) is 0 Å². The van der Waals surface area contributed by atoms with E-state index in [9.17, 15) is 0 Å². The van der Waals surface area contributed by atoms with Gasteiger partial charge in [-0.15, -0.1) is 0 Å². The fourth-order valence-electron chi connectivity index (χ4n) is 2.39. The number of anilines is 1. The number of unbranched alkanes of at least 4 members (excludes halogenated alkanes) is 2. The van der Waals surface area contributed by atoms with E-state index in [4.69, 9.17) is 4.74 Å². The van der Waals surface area contributed by atoms with Crippen LogP contribution in [0, 0.1) is 0 Å². The summed E-state index contributed by atoms with van der Waals surface area (Å²) >= 11 is 0. The molecule has 112 valence electrons. The number of hydrogen-bond acceptors (Lipinski definition) is 2. The van der Waals surface area contributed by atoms with Gasteiger partial charge in [0, 0.05) is 19.2 Å². The molecule has 1 atom stereocenters. The van der Waals surface area contributed by atoms with Crippen LogP contribution in [0.4, 0.5) is 5.69 Å². The summed E-state index contributed by atoms with van der Waals surface area (Å²) < 4.78 is 6.20. The largest absolute Gasteiger partial charge is 0.471 e. The Morgan fingerprint density at radius 1 is 0.905 bits per heavy atom. The summed E-state index contributed by atoms with van der Waals surface area (Å²) in [6.45, 7) is 2.23. The highest BCUT2D eigenvalue weighted by Gasteiger charge is 2.16. The van der Waals surface area contributed by atoms with E-state index in [-0.39, 0.29) is 6.23 Å². The molecule has 0 spiro atoms. The lowest BCUT2D eigenvalue weighted by Gasteiger charge is -2.30. The summed E-state index contributed by atoms with van der Waals surface area (Å²) in [6.07, 6.45) is 4.77. The van der Waals surface area contributed by atoms with Crippen LogP contribution in [-0.4, -0.2) is 13.3 Å². The highest BCUT2D eigenvalue weighted by molar-refractivity contribution is 5.45. The summed E-state index contributed by atoms with van der Waals surface area (Å²) in [5.74, 6) is 0.932. The van der Waals surface area contributed by atoms with Crippen molar-refractivity contribution in [2.75, 3.05) is 11.9 Å². The minimum Gasteiger partial charge on any atom is -0.471 e. The van der Waals surface area contributed by atoms with E-state index in [1.54, 1.807) is 0 Å². The molecule has 0 aromatic heterocycles. The molecule has 0 saturated heterocycles. The van der Waals surface area contributed by atoms with Crippen molar-refractivity contribution in [2.24, 2.45) is 0 Å². The van der Waals surface area contributed by atoms with Crippen molar-refractivity contribution < 1.29 is 4.74 Å². The third kappa shape index (κ3) is 4.82. The van der Waals surface area contributed by atoms with Crippen LogP contribution in [0.5, 0.6) is 5.75 Å². The predicted molar refractivity (Wildman–Crippen MR) is 89.8 cm³/mol. The lowest BCUT2D eigenvalue weighted by Crippen LogP contribution is -2.36. The molecule has 2 rings (SSSR count). The summed E-state index contributed by atoms with van der Waals surface area (Å²) in [5.41, 5.74) is 1.19. The van der Waals surface area contributed by atoms with Gasteiger partial charge >= 0.3 is 0 Å². The van der Waals surface area contributed by atoms with Gasteiger partial charge in [-0.05, 0) is 30.7 Å². The Morgan fingerprint density at radius 2 is 1.52 bits per heavy atom. The van der Waals surface area contributed by atoms with E-state index in [0.29, 0.717) is 0 Å². The normalized spacial score (nSPS) is 11.9. The van der Waals surface area contributed by atoms with Gasteiger partial charge in [-0.2, -0.15) is 0 Å². The van der Waals surface area contributed by atoms with E-state index in [2.05, 4.69) is 43.1 Å². The lowest BCUT2D eigenvalue weighted by atomic mass is 10.1. The van der Waals surface area contributed by atoms with Crippen LogP contribution in [0.15, 0.2) is 60.7 Å². The average Bonchev–Trinajstić information content (AvgIpc) is 2.55. The molecule has 2 heteroatoms. The van der Waals surface area contributed by atoms with Gasteiger partial charge < -0.3 is 9.64 Å². The second-order valence-electron chi connectivity index (χ2n) is 5.33. The monoisotopic (exact) mass is 283 g/mol. The quantitative estimate of drug-likeness (QED) is 0.493. The average molecular weight is 283 g/mol. The first-order valence-electron chi connectivity index (χ1n) is 7.81. The number of nitrogens with zero attached hydrogens (tertiary/aromatic N) is 1. The van der Waals surface area contributed by atoms with Crippen LogP contribution in [-0.2, 0) is 0 Å². The van der Waals surface area contributed by atoms with E-state index in [0.717, 1.165) is 12.2 Å². The number of benzene rings is 2. The molecule has 0 heterocycles. The first-order valence-corrected chi connectivity index (χ1v) is 7.81. The Hall–Kier alpha value is -1.96. The van der Waals surface area contributed by atoms with Crippen LogP contribution in [0.3, 0.4) is 0 Å².